The van der Waals surface area contributed by atoms with Gasteiger partial charge in [-0.3, -0.25) is 9.59 Å². The van der Waals surface area contributed by atoms with Crippen molar-refractivity contribution in [2.75, 3.05) is 6.61 Å². The van der Waals surface area contributed by atoms with E-state index < -0.39 is 53.4 Å². The van der Waals surface area contributed by atoms with E-state index in [0.717, 1.165) is 18.2 Å². The van der Waals surface area contributed by atoms with Crippen molar-refractivity contribution in [3.63, 3.8) is 0 Å². The van der Waals surface area contributed by atoms with Crippen molar-refractivity contribution in [3.05, 3.63) is 35.4 Å². The van der Waals surface area contributed by atoms with Gasteiger partial charge in [-0.1, -0.05) is 13.0 Å². The summed E-state index contributed by atoms with van der Waals surface area (Å²) in [5, 5.41) is 11.4. The number of carboxylic acid groups (broad SMARTS) is 1. The summed E-state index contributed by atoms with van der Waals surface area (Å²) in [6.07, 6.45) is -0.854. The molecule has 0 saturated carbocycles. The Balaban J connectivity index is 2.76. The summed E-state index contributed by atoms with van der Waals surface area (Å²) >= 11 is 0. The van der Waals surface area contributed by atoms with Gasteiger partial charge in [-0.05, 0) is 25.0 Å². The molecule has 0 fully saturated rings. The number of hydrogen-bond donors (Lipinski definition) is 2. The highest BCUT2D eigenvalue weighted by atomic mass is 19.1. The summed E-state index contributed by atoms with van der Waals surface area (Å²) in [5.41, 5.74) is -0.447. The fraction of sp³-hybridized carbons (Fsp3) is 0.438. The third kappa shape index (κ3) is 5.60. The molecule has 0 unspecified atom stereocenters. The lowest BCUT2D eigenvalue weighted by molar-refractivity contribution is -0.147. The molecule has 1 amide bonds. The van der Waals surface area contributed by atoms with Crippen LogP contribution in [0.5, 0.6) is 0 Å². The third-order valence-corrected chi connectivity index (χ3v) is 3.34. The van der Waals surface area contributed by atoms with E-state index in [1.54, 1.807) is 6.92 Å². The van der Waals surface area contributed by atoms with E-state index in [2.05, 4.69) is 5.32 Å². The average molecular weight is 343 g/mol. The third-order valence-electron chi connectivity index (χ3n) is 3.34. The smallest absolute Gasteiger partial charge is 0.326 e. The Hall–Kier alpha value is -2.51. The van der Waals surface area contributed by atoms with Crippen molar-refractivity contribution >= 4 is 17.8 Å². The molecule has 0 spiro atoms. The van der Waals surface area contributed by atoms with E-state index in [1.807, 2.05) is 0 Å². The van der Waals surface area contributed by atoms with Gasteiger partial charge < -0.3 is 15.2 Å². The molecular weight excluding hydrogens is 324 g/mol. The minimum absolute atomic E-state index is 0.155. The van der Waals surface area contributed by atoms with Crippen molar-refractivity contribution in [1.29, 1.82) is 0 Å². The Morgan fingerprint density at radius 2 is 1.83 bits per heavy atom. The number of esters is 1. The van der Waals surface area contributed by atoms with Crippen molar-refractivity contribution in [3.8, 4) is 0 Å². The zero-order chi connectivity index (χ0) is 18.3. The van der Waals surface area contributed by atoms with Crippen LogP contribution in [0.2, 0.25) is 0 Å². The zero-order valence-corrected chi connectivity index (χ0v) is 13.3. The molecule has 24 heavy (non-hydrogen) atoms. The number of ether oxygens (including phenoxy) is 1. The highest BCUT2D eigenvalue weighted by Gasteiger charge is 2.29. The Labute approximate surface area is 137 Å². The van der Waals surface area contributed by atoms with Crippen molar-refractivity contribution in [2.24, 2.45) is 5.92 Å². The van der Waals surface area contributed by atoms with Gasteiger partial charge in [0.1, 0.15) is 17.7 Å². The molecule has 0 aliphatic heterocycles. The number of carboxylic acids is 1. The van der Waals surface area contributed by atoms with Crippen LogP contribution in [0, 0.1) is 17.6 Å². The zero-order valence-electron chi connectivity index (χ0n) is 13.3. The SMILES string of the molecule is CCOC(=O)C[C@@H](C)[C@@H](NC(=O)Cc1c(F)cccc1F)C(=O)O. The van der Waals surface area contributed by atoms with E-state index in [4.69, 9.17) is 4.74 Å². The van der Waals surface area contributed by atoms with Crippen LogP contribution in [0.4, 0.5) is 8.78 Å². The molecule has 1 aromatic rings. The van der Waals surface area contributed by atoms with Gasteiger partial charge in [0, 0.05) is 5.56 Å². The van der Waals surface area contributed by atoms with Crippen molar-refractivity contribution < 1.29 is 33.0 Å². The second kappa shape index (κ2) is 8.95. The predicted octanol–water partition coefficient (Wildman–Crippen LogP) is 1.67. The van der Waals surface area contributed by atoms with Crippen LogP contribution in [0.25, 0.3) is 0 Å². The number of hydrogen-bond acceptors (Lipinski definition) is 4. The maximum absolute atomic E-state index is 13.5. The molecule has 0 radical (unpaired) electrons. The molecule has 0 saturated heterocycles. The van der Waals surface area contributed by atoms with Crippen LogP contribution in [-0.2, 0) is 25.5 Å². The van der Waals surface area contributed by atoms with E-state index in [9.17, 15) is 28.3 Å². The van der Waals surface area contributed by atoms with Crippen LogP contribution in [0.3, 0.4) is 0 Å². The maximum atomic E-state index is 13.5. The second-order valence-corrected chi connectivity index (χ2v) is 5.25. The lowest BCUT2D eigenvalue weighted by atomic mass is 9.98. The Kier molecular flexibility index (Phi) is 7.29. The lowest BCUT2D eigenvalue weighted by Crippen LogP contribution is -2.46. The quantitative estimate of drug-likeness (QED) is 0.701. The van der Waals surface area contributed by atoms with Crippen LogP contribution in [0.1, 0.15) is 25.8 Å². The first kappa shape index (κ1) is 19.5. The van der Waals surface area contributed by atoms with Crippen LogP contribution < -0.4 is 5.32 Å². The van der Waals surface area contributed by atoms with Gasteiger partial charge in [0.15, 0.2) is 0 Å². The molecule has 0 aliphatic rings. The van der Waals surface area contributed by atoms with E-state index in [-0.39, 0.29) is 13.0 Å². The van der Waals surface area contributed by atoms with E-state index >= 15 is 0 Å². The fourth-order valence-electron chi connectivity index (χ4n) is 2.13. The highest BCUT2D eigenvalue weighted by molar-refractivity contribution is 5.85. The number of benzene rings is 1. The van der Waals surface area contributed by atoms with Gasteiger partial charge in [-0.25, -0.2) is 13.6 Å². The second-order valence-electron chi connectivity index (χ2n) is 5.25. The molecule has 1 aromatic carbocycles. The van der Waals surface area contributed by atoms with Gasteiger partial charge >= 0.3 is 11.9 Å². The summed E-state index contributed by atoms with van der Waals surface area (Å²) in [6, 6.07) is 1.79. The normalized spacial score (nSPS) is 13.0. The first-order valence-corrected chi connectivity index (χ1v) is 7.36. The summed E-state index contributed by atoms with van der Waals surface area (Å²) in [6.45, 7) is 3.23. The molecule has 2 N–H and O–H groups in total. The largest absolute Gasteiger partial charge is 0.480 e. The summed E-state index contributed by atoms with van der Waals surface area (Å²) in [5.74, 6) is -5.34. The van der Waals surface area contributed by atoms with E-state index in [0.29, 0.717) is 0 Å². The Morgan fingerprint density at radius 1 is 1.25 bits per heavy atom. The number of amides is 1. The molecule has 132 valence electrons. The van der Waals surface area contributed by atoms with Crippen molar-refractivity contribution in [1.82, 2.24) is 5.32 Å². The van der Waals surface area contributed by atoms with Crippen LogP contribution >= 0.6 is 0 Å². The molecule has 6 nitrogen and oxygen atoms in total. The molecular formula is C16H19F2NO5. The average Bonchev–Trinajstić information content (AvgIpc) is 2.48. The maximum Gasteiger partial charge on any atom is 0.326 e. The van der Waals surface area contributed by atoms with Gasteiger partial charge in [0.05, 0.1) is 19.4 Å². The number of halogens is 2. The molecule has 8 heteroatoms. The topological polar surface area (TPSA) is 92.7 Å². The summed E-state index contributed by atoms with van der Waals surface area (Å²) < 4.78 is 31.8. The van der Waals surface area contributed by atoms with Gasteiger partial charge in [-0.2, -0.15) is 0 Å². The number of aliphatic carboxylic acids is 1. The lowest BCUT2D eigenvalue weighted by Gasteiger charge is -2.21. The molecule has 0 bridgehead atoms. The highest BCUT2D eigenvalue weighted by Crippen LogP contribution is 2.14. The number of carbonyl (C=O) groups is 3. The van der Waals surface area contributed by atoms with Crippen LogP contribution in [0.15, 0.2) is 18.2 Å². The first-order valence-electron chi connectivity index (χ1n) is 7.36. The molecule has 2 atom stereocenters. The molecule has 0 aliphatic carbocycles. The van der Waals surface area contributed by atoms with Gasteiger partial charge in [0.2, 0.25) is 5.91 Å². The minimum atomic E-state index is -1.38. The number of rotatable bonds is 8. The minimum Gasteiger partial charge on any atom is -0.480 e. The standard InChI is InChI=1S/C16H19F2NO5/c1-3-24-14(21)7-9(2)15(16(22)23)19-13(20)8-10-11(17)5-4-6-12(10)18/h4-6,9,15H,3,7-8H2,1-2H3,(H,19,20)(H,22,23)/t9-,15-/m1/s1. The molecule has 1 rings (SSSR count). The Bertz CT molecular complexity index is 600. The fourth-order valence-corrected chi connectivity index (χ4v) is 2.13. The summed E-state index contributed by atoms with van der Waals surface area (Å²) in [4.78, 5) is 34.6. The molecule has 0 aromatic heterocycles. The van der Waals surface area contributed by atoms with Gasteiger partial charge in [-0.15, -0.1) is 0 Å². The predicted molar refractivity (Wildman–Crippen MR) is 80.0 cm³/mol. The van der Waals surface area contributed by atoms with E-state index in [1.165, 1.54) is 6.92 Å². The number of nitrogens with one attached hydrogen (secondary N) is 1. The molecule has 0 heterocycles. The van der Waals surface area contributed by atoms with Crippen molar-refractivity contribution in [2.45, 2.75) is 32.7 Å². The first-order chi connectivity index (χ1) is 11.3. The summed E-state index contributed by atoms with van der Waals surface area (Å²) in [7, 11) is 0. The monoisotopic (exact) mass is 343 g/mol. The Morgan fingerprint density at radius 3 is 2.33 bits per heavy atom. The van der Waals surface area contributed by atoms with Crippen LogP contribution in [-0.4, -0.2) is 35.6 Å². The van der Waals surface area contributed by atoms with Gasteiger partial charge in [0.25, 0.3) is 0 Å². The number of carbonyl (C=O) groups excluding carboxylic acids is 2.